The van der Waals surface area contributed by atoms with E-state index in [1.54, 1.807) is 7.11 Å². The van der Waals surface area contributed by atoms with Crippen LogP contribution in [0.5, 0.6) is 5.75 Å². The first kappa shape index (κ1) is 12.3. The second-order valence-corrected chi connectivity index (χ2v) is 4.40. The molecular formula is C15H18N2O. The monoisotopic (exact) mass is 242 g/mol. The molecule has 0 saturated carbocycles. The average molecular weight is 242 g/mol. The molecule has 3 N–H and O–H groups in total. The number of rotatable bonds is 3. The van der Waals surface area contributed by atoms with E-state index in [2.05, 4.69) is 5.32 Å². The molecule has 0 aromatic heterocycles. The van der Waals surface area contributed by atoms with E-state index in [4.69, 9.17) is 10.5 Å². The highest BCUT2D eigenvalue weighted by Crippen LogP contribution is 2.28. The van der Waals surface area contributed by atoms with E-state index in [-0.39, 0.29) is 0 Å². The third-order valence-electron chi connectivity index (χ3n) is 2.91. The number of anilines is 3. The van der Waals surface area contributed by atoms with Crippen LogP contribution < -0.4 is 15.8 Å². The smallest absolute Gasteiger partial charge is 0.119 e. The van der Waals surface area contributed by atoms with Gasteiger partial charge in [-0.1, -0.05) is 6.07 Å². The molecule has 0 fully saturated rings. The minimum atomic E-state index is 0.755. The van der Waals surface area contributed by atoms with E-state index in [1.165, 1.54) is 0 Å². The van der Waals surface area contributed by atoms with Crippen molar-refractivity contribution >= 4 is 17.1 Å². The molecule has 3 nitrogen and oxygen atoms in total. The molecule has 0 spiro atoms. The van der Waals surface area contributed by atoms with Crippen LogP contribution >= 0.6 is 0 Å². The maximum atomic E-state index is 5.99. The number of hydrogen-bond acceptors (Lipinski definition) is 3. The first-order valence-electron chi connectivity index (χ1n) is 5.88. The summed E-state index contributed by atoms with van der Waals surface area (Å²) in [7, 11) is 1.67. The summed E-state index contributed by atoms with van der Waals surface area (Å²) in [6, 6.07) is 11.9. The number of nitrogens with one attached hydrogen (secondary N) is 1. The molecule has 2 aromatic rings. The van der Waals surface area contributed by atoms with Crippen LogP contribution in [0, 0.1) is 13.8 Å². The number of hydrogen-bond donors (Lipinski definition) is 2. The Bertz CT molecular complexity index is 564. The van der Waals surface area contributed by atoms with Gasteiger partial charge in [0.1, 0.15) is 5.75 Å². The van der Waals surface area contributed by atoms with E-state index < -0.39 is 0 Å². The first-order chi connectivity index (χ1) is 8.60. The van der Waals surface area contributed by atoms with Crippen molar-refractivity contribution in [2.45, 2.75) is 13.8 Å². The van der Waals surface area contributed by atoms with Gasteiger partial charge in [-0.3, -0.25) is 0 Å². The molecule has 0 aliphatic carbocycles. The second kappa shape index (κ2) is 5.00. The fraction of sp³-hybridized carbons (Fsp3) is 0.200. The summed E-state index contributed by atoms with van der Waals surface area (Å²) in [5, 5.41) is 3.34. The average Bonchev–Trinajstić information content (AvgIpc) is 2.34. The SMILES string of the molecule is COc1ccc(Nc2ccc(C)cc2N)c(C)c1. The van der Waals surface area contributed by atoms with E-state index in [0.717, 1.165) is 33.9 Å². The summed E-state index contributed by atoms with van der Waals surface area (Å²) >= 11 is 0. The standard InChI is InChI=1S/C15H18N2O/c1-10-4-6-15(13(16)8-10)17-14-7-5-12(18-3)9-11(14)2/h4-9,17H,16H2,1-3H3. The number of nitrogens with two attached hydrogens (primary N) is 1. The molecule has 0 bridgehead atoms. The number of aryl methyl sites for hydroxylation is 2. The number of benzene rings is 2. The summed E-state index contributed by atoms with van der Waals surface area (Å²) in [5.74, 6) is 0.856. The van der Waals surface area contributed by atoms with Crippen LogP contribution in [0.25, 0.3) is 0 Å². The van der Waals surface area contributed by atoms with Crippen molar-refractivity contribution in [1.82, 2.24) is 0 Å². The molecule has 0 heterocycles. The van der Waals surface area contributed by atoms with Crippen LogP contribution in [0.15, 0.2) is 36.4 Å². The van der Waals surface area contributed by atoms with E-state index in [1.807, 2.05) is 50.2 Å². The van der Waals surface area contributed by atoms with Crippen molar-refractivity contribution < 1.29 is 4.74 Å². The Kier molecular flexibility index (Phi) is 3.42. The predicted molar refractivity (Wildman–Crippen MR) is 76.6 cm³/mol. The summed E-state index contributed by atoms with van der Waals surface area (Å²) < 4.78 is 5.19. The van der Waals surface area contributed by atoms with E-state index in [0.29, 0.717) is 0 Å². The molecule has 0 unspecified atom stereocenters. The van der Waals surface area contributed by atoms with Gasteiger partial charge in [-0.25, -0.2) is 0 Å². The van der Waals surface area contributed by atoms with Crippen LogP contribution in [-0.4, -0.2) is 7.11 Å². The topological polar surface area (TPSA) is 47.3 Å². The Morgan fingerprint density at radius 2 is 1.72 bits per heavy atom. The zero-order chi connectivity index (χ0) is 13.1. The third-order valence-corrected chi connectivity index (χ3v) is 2.91. The van der Waals surface area contributed by atoms with Gasteiger partial charge in [-0.15, -0.1) is 0 Å². The van der Waals surface area contributed by atoms with Crippen LogP contribution in [0.1, 0.15) is 11.1 Å². The Labute approximate surface area is 108 Å². The fourth-order valence-electron chi connectivity index (χ4n) is 1.84. The summed E-state index contributed by atoms with van der Waals surface area (Å²) in [6.45, 7) is 4.06. The number of methoxy groups -OCH3 is 1. The van der Waals surface area contributed by atoms with Crippen LogP contribution in [0.4, 0.5) is 17.1 Å². The lowest BCUT2D eigenvalue weighted by molar-refractivity contribution is 0.414. The first-order valence-corrected chi connectivity index (χ1v) is 5.88. The maximum Gasteiger partial charge on any atom is 0.119 e. The van der Waals surface area contributed by atoms with Crippen LogP contribution in [0.3, 0.4) is 0 Å². The molecule has 18 heavy (non-hydrogen) atoms. The van der Waals surface area contributed by atoms with Crippen LogP contribution in [-0.2, 0) is 0 Å². The fourth-order valence-corrected chi connectivity index (χ4v) is 1.84. The molecule has 0 amide bonds. The molecule has 0 aliphatic rings. The van der Waals surface area contributed by atoms with Gasteiger partial charge in [0.2, 0.25) is 0 Å². The predicted octanol–water partition coefficient (Wildman–Crippen LogP) is 3.64. The maximum absolute atomic E-state index is 5.99. The Hall–Kier alpha value is -2.16. The number of ether oxygens (including phenoxy) is 1. The van der Waals surface area contributed by atoms with Gasteiger partial charge in [-0.05, 0) is 55.3 Å². The van der Waals surface area contributed by atoms with Crippen molar-refractivity contribution in [3.8, 4) is 5.75 Å². The van der Waals surface area contributed by atoms with Gasteiger partial charge < -0.3 is 15.8 Å². The second-order valence-electron chi connectivity index (χ2n) is 4.40. The Balaban J connectivity index is 2.28. The molecule has 3 heteroatoms. The van der Waals surface area contributed by atoms with E-state index >= 15 is 0 Å². The number of nitrogen functional groups attached to an aromatic ring is 1. The van der Waals surface area contributed by atoms with E-state index in [9.17, 15) is 0 Å². The lowest BCUT2D eigenvalue weighted by atomic mass is 10.1. The molecule has 94 valence electrons. The molecule has 2 aromatic carbocycles. The molecule has 0 atom stereocenters. The molecule has 2 rings (SSSR count). The Morgan fingerprint density at radius 1 is 1.00 bits per heavy atom. The molecule has 0 aliphatic heterocycles. The normalized spacial score (nSPS) is 10.2. The Morgan fingerprint density at radius 3 is 2.33 bits per heavy atom. The zero-order valence-electron chi connectivity index (χ0n) is 10.9. The highest BCUT2D eigenvalue weighted by molar-refractivity contribution is 5.74. The molecule has 0 saturated heterocycles. The minimum absolute atomic E-state index is 0.755. The largest absolute Gasteiger partial charge is 0.497 e. The van der Waals surface area contributed by atoms with Crippen molar-refractivity contribution in [1.29, 1.82) is 0 Å². The molecular weight excluding hydrogens is 224 g/mol. The summed E-state index contributed by atoms with van der Waals surface area (Å²) in [5.41, 5.74) is 11.0. The van der Waals surface area contributed by atoms with Crippen molar-refractivity contribution in [3.05, 3.63) is 47.5 Å². The van der Waals surface area contributed by atoms with Crippen molar-refractivity contribution in [2.75, 3.05) is 18.2 Å². The summed E-state index contributed by atoms with van der Waals surface area (Å²) in [6.07, 6.45) is 0. The minimum Gasteiger partial charge on any atom is -0.497 e. The van der Waals surface area contributed by atoms with Gasteiger partial charge in [0.05, 0.1) is 18.5 Å². The van der Waals surface area contributed by atoms with Gasteiger partial charge in [0.15, 0.2) is 0 Å². The molecule has 0 radical (unpaired) electrons. The lowest BCUT2D eigenvalue weighted by Crippen LogP contribution is -1.98. The van der Waals surface area contributed by atoms with Gasteiger partial charge >= 0.3 is 0 Å². The van der Waals surface area contributed by atoms with Crippen LogP contribution in [0.2, 0.25) is 0 Å². The third kappa shape index (κ3) is 2.56. The highest BCUT2D eigenvalue weighted by Gasteiger charge is 2.03. The zero-order valence-corrected chi connectivity index (χ0v) is 10.9. The quantitative estimate of drug-likeness (QED) is 0.808. The van der Waals surface area contributed by atoms with Gasteiger partial charge in [0.25, 0.3) is 0 Å². The van der Waals surface area contributed by atoms with Crippen molar-refractivity contribution in [2.24, 2.45) is 0 Å². The van der Waals surface area contributed by atoms with Gasteiger partial charge in [-0.2, -0.15) is 0 Å². The lowest BCUT2D eigenvalue weighted by Gasteiger charge is -2.13. The van der Waals surface area contributed by atoms with Crippen molar-refractivity contribution in [3.63, 3.8) is 0 Å². The summed E-state index contributed by atoms with van der Waals surface area (Å²) in [4.78, 5) is 0. The van der Waals surface area contributed by atoms with Gasteiger partial charge in [0, 0.05) is 5.69 Å². The highest BCUT2D eigenvalue weighted by atomic mass is 16.5.